The predicted molar refractivity (Wildman–Crippen MR) is 69.2 cm³/mol. The Bertz CT molecular complexity index is 609. The molecule has 2 aromatic rings. The van der Waals surface area contributed by atoms with E-state index in [1.165, 1.54) is 30.6 Å². The summed E-state index contributed by atoms with van der Waals surface area (Å²) in [5, 5.41) is 16.2. The van der Waals surface area contributed by atoms with Gasteiger partial charge in [0.05, 0.1) is 4.92 Å². The van der Waals surface area contributed by atoms with Crippen LogP contribution in [0, 0.1) is 10.1 Å². The molecule has 0 atom stereocenters. The van der Waals surface area contributed by atoms with Gasteiger partial charge < -0.3 is 10.3 Å². The van der Waals surface area contributed by atoms with Crippen LogP contribution in [0.3, 0.4) is 0 Å². The second-order valence-corrected chi connectivity index (χ2v) is 3.63. The number of nitrogens with one attached hydrogen (secondary N) is 3. The monoisotopic (exact) mass is 261 g/mol. The summed E-state index contributed by atoms with van der Waals surface area (Å²) in [6.45, 7) is 0. The Hall–Kier alpha value is -2.90. The molecule has 19 heavy (non-hydrogen) atoms. The third-order valence-corrected chi connectivity index (χ3v) is 2.46. The molecule has 0 aliphatic heterocycles. The molecule has 2 rings (SSSR count). The minimum atomic E-state index is -0.601. The first kappa shape index (κ1) is 12.6. The van der Waals surface area contributed by atoms with Crippen LogP contribution in [0.1, 0.15) is 10.4 Å². The van der Waals surface area contributed by atoms with E-state index in [9.17, 15) is 14.9 Å². The van der Waals surface area contributed by atoms with Gasteiger partial charge in [0.25, 0.3) is 11.6 Å². The number of hydrogen-bond donors (Lipinski definition) is 3. The second kappa shape index (κ2) is 5.17. The Kier molecular flexibility index (Phi) is 3.42. The lowest BCUT2D eigenvalue weighted by Gasteiger charge is -2.06. The zero-order chi connectivity index (χ0) is 13.8. The highest BCUT2D eigenvalue weighted by Crippen LogP contribution is 2.23. The Morgan fingerprint density at radius 1 is 1.47 bits per heavy atom. The van der Waals surface area contributed by atoms with Crippen molar-refractivity contribution in [2.45, 2.75) is 0 Å². The summed E-state index contributed by atoms with van der Waals surface area (Å²) in [6, 6.07) is 4.22. The molecule has 8 nitrogen and oxygen atoms in total. The summed E-state index contributed by atoms with van der Waals surface area (Å²) < 4.78 is 0. The van der Waals surface area contributed by atoms with Crippen molar-refractivity contribution in [1.82, 2.24) is 9.97 Å². The Balaban J connectivity index is 2.35. The highest BCUT2D eigenvalue weighted by atomic mass is 16.6. The van der Waals surface area contributed by atoms with Crippen LogP contribution in [0.15, 0.2) is 30.6 Å². The first-order chi connectivity index (χ1) is 9.11. The quantitative estimate of drug-likeness (QED) is 0.571. The van der Waals surface area contributed by atoms with Crippen molar-refractivity contribution in [3.8, 4) is 0 Å². The van der Waals surface area contributed by atoms with Crippen LogP contribution in [0.25, 0.3) is 0 Å². The maximum Gasteiger partial charge on any atom is 0.282 e. The third-order valence-electron chi connectivity index (χ3n) is 2.46. The summed E-state index contributed by atoms with van der Waals surface area (Å²) >= 11 is 0. The van der Waals surface area contributed by atoms with Gasteiger partial charge in [-0.25, -0.2) is 4.98 Å². The van der Waals surface area contributed by atoms with Crippen molar-refractivity contribution in [2.24, 2.45) is 0 Å². The van der Waals surface area contributed by atoms with E-state index in [1.54, 1.807) is 7.05 Å². The van der Waals surface area contributed by atoms with Crippen LogP contribution in [-0.2, 0) is 0 Å². The molecule has 1 amide bonds. The van der Waals surface area contributed by atoms with Gasteiger partial charge in [-0.15, -0.1) is 0 Å². The largest absolute Gasteiger partial charge is 0.388 e. The fraction of sp³-hybridized carbons (Fsp3) is 0.0909. The van der Waals surface area contributed by atoms with Gasteiger partial charge in [-0.3, -0.25) is 20.2 Å². The molecule has 0 saturated heterocycles. The summed E-state index contributed by atoms with van der Waals surface area (Å²) in [5.74, 6) is -0.368. The van der Waals surface area contributed by atoms with Gasteiger partial charge in [-0.05, 0) is 12.1 Å². The highest BCUT2D eigenvalue weighted by Gasteiger charge is 2.21. The number of carbonyl (C=O) groups is 1. The van der Waals surface area contributed by atoms with Crippen LogP contribution >= 0.6 is 0 Å². The number of nitro groups is 1. The minimum absolute atomic E-state index is 0.0340. The van der Waals surface area contributed by atoms with Crippen molar-refractivity contribution in [3.63, 3.8) is 0 Å². The van der Waals surface area contributed by atoms with Crippen molar-refractivity contribution >= 4 is 23.2 Å². The van der Waals surface area contributed by atoms with Crippen LogP contribution in [0.5, 0.6) is 0 Å². The van der Waals surface area contributed by atoms with Gasteiger partial charge in [0, 0.05) is 31.2 Å². The van der Waals surface area contributed by atoms with Gasteiger partial charge in [0.1, 0.15) is 5.56 Å². The number of H-pyrrole nitrogens is 1. The van der Waals surface area contributed by atoms with E-state index in [1.807, 2.05) is 0 Å². The highest BCUT2D eigenvalue weighted by molar-refractivity contribution is 6.06. The van der Waals surface area contributed by atoms with E-state index in [-0.39, 0.29) is 17.2 Å². The number of imidazole rings is 1. The maximum absolute atomic E-state index is 12.0. The molecule has 1 heterocycles. The van der Waals surface area contributed by atoms with E-state index in [4.69, 9.17) is 0 Å². The molecular formula is C11H11N5O3. The summed E-state index contributed by atoms with van der Waals surface area (Å²) in [4.78, 5) is 28.8. The van der Waals surface area contributed by atoms with E-state index in [0.717, 1.165) is 0 Å². The lowest BCUT2D eigenvalue weighted by molar-refractivity contribution is -0.385. The Morgan fingerprint density at radius 3 is 2.84 bits per heavy atom. The number of nitro benzene ring substituents is 1. The van der Waals surface area contributed by atoms with E-state index >= 15 is 0 Å². The molecule has 98 valence electrons. The normalized spacial score (nSPS) is 9.95. The van der Waals surface area contributed by atoms with Gasteiger partial charge in [0.2, 0.25) is 5.95 Å². The molecule has 0 aliphatic carbocycles. The van der Waals surface area contributed by atoms with Crippen LogP contribution in [0.4, 0.5) is 17.3 Å². The Labute approximate surface area is 108 Å². The van der Waals surface area contributed by atoms with Gasteiger partial charge >= 0.3 is 0 Å². The van der Waals surface area contributed by atoms with Gasteiger partial charge in [-0.1, -0.05) is 0 Å². The molecular weight excluding hydrogens is 250 g/mol. The number of aromatic amines is 1. The van der Waals surface area contributed by atoms with Crippen molar-refractivity contribution in [3.05, 3.63) is 46.3 Å². The van der Waals surface area contributed by atoms with E-state index in [2.05, 4.69) is 20.6 Å². The van der Waals surface area contributed by atoms with Gasteiger partial charge in [-0.2, -0.15) is 0 Å². The maximum atomic E-state index is 12.0. The number of benzene rings is 1. The number of hydrogen-bond acceptors (Lipinski definition) is 5. The number of nitrogens with zero attached hydrogens (tertiary/aromatic N) is 2. The lowest BCUT2D eigenvalue weighted by Crippen LogP contribution is -2.15. The average molecular weight is 261 g/mol. The Morgan fingerprint density at radius 2 is 2.26 bits per heavy atom. The van der Waals surface area contributed by atoms with Crippen molar-refractivity contribution < 1.29 is 9.72 Å². The zero-order valence-electron chi connectivity index (χ0n) is 10.0. The van der Waals surface area contributed by atoms with E-state index < -0.39 is 10.8 Å². The molecule has 3 N–H and O–H groups in total. The predicted octanol–water partition coefficient (Wildman–Crippen LogP) is 1.61. The summed E-state index contributed by atoms with van der Waals surface area (Å²) in [7, 11) is 1.66. The van der Waals surface area contributed by atoms with Crippen LogP contribution in [0.2, 0.25) is 0 Å². The molecule has 0 unspecified atom stereocenters. The molecule has 1 aromatic carbocycles. The molecule has 8 heteroatoms. The number of aromatic nitrogens is 2. The second-order valence-electron chi connectivity index (χ2n) is 3.63. The van der Waals surface area contributed by atoms with Gasteiger partial charge in [0.15, 0.2) is 0 Å². The molecule has 0 spiro atoms. The molecule has 0 bridgehead atoms. The zero-order valence-corrected chi connectivity index (χ0v) is 10.0. The van der Waals surface area contributed by atoms with Crippen molar-refractivity contribution in [1.29, 1.82) is 0 Å². The molecule has 0 fully saturated rings. The van der Waals surface area contributed by atoms with E-state index in [0.29, 0.717) is 5.69 Å². The molecule has 0 radical (unpaired) electrons. The molecule has 0 saturated carbocycles. The summed E-state index contributed by atoms with van der Waals surface area (Å²) in [5.41, 5.74) is 0.312. The molecule has 0 aliphatic rings. The number of carbonyl (C=O) groups excluding carboxylic acids is 1. The fourth-order valence-electron chi connectivity index (χ4n) is 1.54. The van der Waals surface area contributed by atoms with Crippen LogP contribution < -0.4 is 10.6 Å². The number of amides is 1. The third kappa shape index (κ3) is 2.68. The minimum Gasteiger partial charge on any atom is -0.388 e. The van der Waals surface area contributed by atoms with Crippen LogP contribution in [-0.4, -0.2) is 27.8 Å². The smallest absolute Gasteiger partial charge is 0.282 e. The average Bonchev–Trinajstić information content (AvgIpc) is 2.90. The standard InChI is InChI=1S/C11H11N5O3/c1-12-7-2-3-9(16(18)19)8(6-7)10(17)15-11-13-4-5-14-11/h2-6,12H,1H3,(H2,13,14,15,17). The molecule has 1 aromatic heterocycles. The summed E-state index contributed by atoms with van der Waals surface area (Å²) in [6.07, 6.45) is 3.00. The topological polar surface area (TPSA) is 113 Å². The van der Waals surface area contributed by atoms with Crippen molar-refractivity contribution in [2.75, 3.05) is 17.7 Å². The number of rotatable bonds is 4. The lowest BCUT2D eigenvalue weighted by atomic mass is 10.1. The number of anilines is 2. The fourth-order valence-corrected chi connectivity index (χ4v) is 1.54. The SMILES string of the molecule is CNc1ccc([N+](=O)[O-])c(C(=O)Nc2ncc[nH]2)c1. The first-order valence-corrected chi connectivity index (χ1v) is 5.38. The first-order valence-electron chi connectivity index (χ1n) is 5.38.